The van der Waals surface area contributed by atoms with Crippen molar-refractivity contribution in [3.63, 3.8) is 0 Å². The highest BCUT2D eigenvalue weighted by Crippen LogP contribution is 2.34. The highest BCUT2D eigenvalue weighted by atomic mass is 32.2. The standard InChI is InChI=1S/C16H21N3O3S/c1-2-19-11-14(10-17-19)23(21,22)18-12-16(20)9-5-7-13-6-3-4-8-15(13)16/h3-4,6,8,10-11,18,20H,2,5,7,9,12H2,1H3/t16-/m0/s1. The lowest BCUT2D eigenvalue weighted by atomic mass is 9.79. The molecule has 1 atom stereocenters. The highest BCUT2D eigenvalue weighted by molar-refractivity contribution is 7.89. The molecule has 2 N–H and O–H groups in total. The summed E-state index contributed by atoms with van der Waals surface area (Å²) in [6.07, 6.45) is 5.10. The average molecular weight is 335 g/mol. The molecular weight excluding hydrogens is 314 g/mol. The summed E-state index contributed by atoms with van der Waals surface area (Å²) >= 11 is 0. The number of hydrogen-bond donors (Lipinski definition) is 2. The Bertz CT molecular complexity index is 800. The van der Waals surface area contributed by atoms with Crippen LogP contribution in [0.3, 0.4) is 0 Å². The molecule has 6 nitrogen and oxygen atoms in total. The second-order valence-electron chi connectivity index (χ2n) is 5.90. The van der Waals surface area contributed by atoms with Crippen molar-refractivity contribution in [1.82, 2.24) is 14.5 Å². The third kappa shape index (κ3) is 3.17. The van der Waals surface area contributed by atoms with Crippen molar-refractivity contribution < 1.29 is 13.5 Å². The molecule has 0 aliphatic heterocycles. The van der Waals surface area contributed by atoms with Gasteiger partial charge in [0.1, 0.15) is 10.5 Å². The minimum absolute atomic E-state index is 0.0380. The number of benzene rings is 1. The topological polar surface area (TPSA) is 84.2 Å². The molecule has 23 heavy (non-hydrogen) atoms. The van der Waals surface area contributed by atoms with Gasteiger partial charge in [-0.2, -0.15) is 5.10 Å². The van der Waals surface area contributed by atoms with E-state index in [-0.39, 0.29) is 11.4 Å². The fourth-order valence-corrected chi connectivity index (χ4v) is 4.08. The first kappa shape index (κ1) is 16.2. The fraction of sp³-hybridized carbons (Fsp3) is 0.438. The van der Waals surface area contributed by atoms with E-state index in [0.29, 0.717) is 13.0 Å². The van der Waals surface area contributed by atoms with Gasteiger partial charge in [-0.1, -0.05) is 24.3 Å². The quantitative estimate of drug-likeness (QED) is 0.865. The fourth-order valence-electron chi connectivity index (χ4n) is 3.04. The molecular formula is C16H21N3O3S. The molecule has 0 radical (unpaired) electrons. The Morgan fingerprint density at radius 2 is 2.17 bits per heavy atom. The Kier molecular flexibility index (Phi) is 4.27. The molecule has 124 valence electrons. The van der Waals surface area contributed by atoms with E-state index in [1.165, 1.54) is 12.4 Å². The maximum absolute atomic E-state index is 12.4. The molecule has 0 bridgehead atoms. The molecule has 0 amide bonds. The third-order valence-corrected chi connectivity index (χ3v) is 5.71. The van der Waals surface area contributed by atoms with Crippen molar-refractivity contribution in [3.8, 4) is 0 Å². The molecule has 1 aromatic heterocycles. The first-order valence-corrected chi connectivity index (χ1v) is 9.26. The van der Waals surface area contributed by atoms with E-state index in [4.69, 9.17) is 0 Å². The molecule has 1 heterocycles. The zero-order valence-electron chi connectivity index (χ0n) is 13.1. The summed E-state index contributed by atoms with van der Waals surface area (Å²) in [4.78, 5) is 0.118. The van der Waals surface area contributed by atoms with Crippen LogP contribution in [0.5, 0.6) is 0 Å². The molecule has 2 aromatic rings. The van der Waals surface area contributed by atoms with Crippen LogP contribution in [0.1, 0.15) is 30.9 Å². The summed E-state index contributed by atoms with van der Waals surface area (Å²) < 4.78 is 28.9. The minimum Gasteiger partial charge on any atom is -0.384 e. The summed E-state index contributed by atoms with van der Waals surface area (Å²) in [5.74, 6) is 0. The normalized spacial score (nSPS) is 21.1. The van der Waals surface area contributed by atoms with Gasteiger partial charge < -0.3 is 5.11 Å². The molecule has 1 aliphatic rings. The lowest BCUT2D eigenvalue weighted by Gasteiger charge is -2.34. The average Bonchev–Trinajstić information content (AvgIpc) is 3.04. The Balaban J connectivity index is 1.80. The van der Waals surface area contributed by atoms with E-state index in [0.717, 1.165) is 24.0 Å². The van der Waals surface area contributed by atoms with Gasteiger partial charge in [0, 0.05) is 19.3 Å². The molecule has 0 unspecified atom stereocenters. The second kappa shape index (κ2) is 6.07. The SMILES string of the molecule is CCn1cc(S(=O)(=O)NC[C@@]2(O)CCCc3ccccc32)cn1. The predicted molar refractivity (Wildman–Crippen MR) is 86.4 cm³/mol. The van der Waals surface area contributed by atoms with Gasteiger partial charge >= 0.3 is 0 Å². The van der Waals surface area contributed by atoms with Crippen LogP contribution >= 0.6 is 0 Å². The molecule has 1 aromatic carbocycles. The molecule has 1 aliphatic carbocycles. The summed E-state index contributed by atoms with van der Waals surface area (Å²) in [5.41, 5.74) is 0.736. The summed E-state index contributed by atoms with van der Waals surface area (Å²) in [6.45, 7) is 2.45. The van der Waals surface area contributed by atoms with Gasteiger partial charge in [-0.05, 0) is 37.3 Å². The molecule has 3 rings (SSSR count). The van der Waals surface area contributed by atoms with Crippen molar-refractivity contribution in [2.45, 2.75) is 43.2 Å². The zero-order chi connectivity index (χ0) is 16.5. The largest absolute Gasteiger partial charge is 0.384 e. The number of aromatic nitrogens is 2. The monoisotopic (exact) mass is 335 g/mol. The Labute approximate surface area is 136 Å². The predicted octanol–water partition coefficient (Wildman–Crippen LogP) is 1.41. The summed E-state index contributed by atoms with van der Waals surface area (Å²) in [5, 5.41) is 14.9. The van der Waals surface area contributed by atoms with Crippen molar-refractivity contribution in [2.75, 3.05) is 6.54 Å². The lowest BCUT2D eigenvalue weighted by Crippen LogP contribution is -2.42. The van der Waals surface area contributed by atoms with Gasteiger partial charge in [0.05, 0.1) is 6.20 Å². The van der Waals surface area contributed by atoms with Crippen LogP contribution in [0.15, 0.2) is 41.6 Å². The number of sulfonamides is 1. The Morgan fingerprint density at radius 1 is 1.39 bits per heavy atom. The van der Waals surface area contributed by atoms with E-state index >= 15 is 0 Å². The maximum Gasteiger partial charge on any atom is 0.243 e. The molecule has 0 saturated heterocycles. The Hall–Kier alpha value is -1.70. The number of hydrogen-bond acceptors (Lipinski definition) is 4. The smallest absolute Gasteiger partial charge is 0.243 e. The van der Waals surface area contributed by atoms with Crippen molar-refractivity contribution >= 4 is 10.0 Å². The van der Waals surface area contributed by atoms with Gasteiger partial charge in [-0.25, -0.2) is 13.1 Å². The van der Waals surface area contributed by atoms with Crippen LogP contribution < -0.4 is 4.72 Å². The van der Waals surface area contributed by atoms with Crippen LogP contribution in [0.2, 0.25) is 0 Å². The highest BCUT2D eigenvalue weighted by Gasteiger charge is 2.35. The van der Waals surface area contributed by atoms with Gasteiger partial charge in [0.2, 0.25) is 10.0 Å². The molecule has 0 fully saturated rings. The van der Waals surface area contributed by atoms with Gasteiger partial charge in [-0.15, -0.1) is 0 Å². The van der Waals surface area contributed by atoms with Gasteiger partial charge in [0.25, 0.3) is 0 Å². The zero-order valence-corrected chi connectivity index (χ0v) is 13.9. The number of fused-ring (bicyclic) bond motifs is 1. The van der Waals surface area contributed by atoms with E-state index < -0.39 is 15.6 Å². The van der Waals surface area contributed by atoms with Crippen LogP contribution in [-0.4, -0.2) is 29.8 Å². The van der Waals surface area contributed by atoms with Crippen LogP contribution in [0.25, 0.3) is 0 Å². The van der Waals surface area contributed by atoms with Crippen LogP contribution in [-0.2, 0) is 28.6 Å². The van der Waals surface area contributed by atoms with E-state index in [9.17, 15) is 13.5 Å². The van der Waals surface area contributed by atoms with E-state index in [1.54, 1.807) is 4.68 Å². The summed E-state index contributed by atoms with van der Waals surface area (Å²) in [6, 6.07) is 7.67. The van der Waals surface area contributed by atoms with Crippen molar-refractivity contribution in [3.05, 3.63) is 47.8 Å². The lowest BCUT2D eigenvalue weighted by molar-refractivity contribution is 0.0243. The Morgan fingerprint density at radius 3 is 2.91 bits per heavy atom. The van der Waals surface area contributed by atoms with Crippen LogP contribution in [0.4, 0.5) is 0 Å². The van der Waals surface area contributed by atoms with E-state index in [2.05, 4.69) is 9.82 Å². The molecule has 0 spiro atoms. The van der Waals surface area contributed by atoms with E-state index in [1.807, 2.05) is 31.2 Å². The van der Waals surface area contributed by atoms with Crippen molar-refractivity contribution in [1.29, 1.82) is 0 Å². The maximum atomic E-state index is 12.4. The first-order valence-electron chi connectivity index (χ1n) is 7.77. The number of aliphatic hydroxyl groups is 1. The minimum atomic E-state index is -3.68. The third-order valence-electron chi connectivity index (χ3n) is 4.35. The summed E-state index contributed by atoms with van der Waals surface area (Å²) in [7, 11) is -3.68. The second-order valence-corrected chi connectivity index (χ2v) is 7.67. The van der Waals surface area contributed by atoms with Gasteiger partial charge in [0.15, 0.2) is 0 Å². The number of nitrogens with one attached hydrogen (secondary N) is 1. The molecule has 7 heteroatoms. The van der Waals surface area contributed by atoms with Gasteiger partial charge in [-0.3, -0.25) is 4.68 Å². The van der Waals surface area contributed by atoms with Crippen LogP contribution in [0, 0.1) is 0 Å². The van der Waals surface area contributed by atoms with Crippen molar-refractivity contribution in [2.24, 2.45) is 0 Å². The number of rotatable bonds is 5. The molecule has 0 saturated carbocycles. The number of nitrogens with zero attached hydrogens (tertiary/aromatic N) is 2. The first-order chi connectivity index (χ1) is 10.9. The number of aryl methyl sites for hydroxylation is 2.